The number of anilines is 1. The van der Waals surface area contributed by atoms with Gasteiger partial charge in [-0.25, -0.2) is 0 Å². The molecular formula is C26H36N2O2. The van der Waals surface area contributed by atoms with Crippen LogP contribution in [0.3, 0.4) is 0 Å². The van der Waals surface area contributed by atoms with E-state index < -0.39 is 6.10 Å². The molecule has 1 aliphatic heterocycles. The largest absolute Gasteiger partial charge is 0.481 e. The fourth-order valence-electron chi connectivity index (χ4n) is 4.12. The molecule has 1 heterocycles. The third-order valence-electron chi connectivity index (χ3n) is 6.04. The van der Waals surface area contributed by atoms with Gasteiger partial charge in [0.2, 0.25) is 0 Å². The lowest BCUT2D eigenvalue weighted by atomic mass is 9.98. The van der Waals surface area contributed by atoms with Crippen molar-refractivity contribution >= 4 is 11.6 Å². The maximum Gasteiger partial charge on any atom is 0.261 e. The van der Waals surface area contributed by atoms with E-state index in [4.69, 9.17) is 4.74 Å². The van der Waals surface area contributed by atoms with Crippen LogP contribution < -0.4 is 15.0 Å². The fourth-order valence-corrected chi connectivity index (χ4v) is 4.12. The smallest absolute Gasteiger partial charge is 0.261 e. The predicted octanol–water partition coefficient (Wildman–Crippen LogP) is 5.57. The molecule has 1 fully saturated rings. The summed E-state index contributed by atoms with van der Waals surface area (Å²) in [5, 5.41) is 3.12. The van der Waals surface area contributed by atoms with Crippen molar-refractivity contribution in [1.29, 1.82) is 0 Å². The monoisotopic (exact) mass is 408 g/mol. The van der Waals surface area contributed by atoms with Gasteiger partial charge in [-0.2, -0.15) is 0 Å². The molecule has 4 heteroatoms. The first-order chi connectivity index (χ1) is 14.4. The van der Waals surface area contributed by atoms with Crippen LogP contribution in [0.25, 0.3) is 0 Å². The molecule has 4 nitrogen and oxygen atoms in total. The Morgan fingerprint density at radius 3 is 2.27 bits per heavy atom. The number of benzene rings is 2. The third-order valence-corrected chi connectivity index (χ3v) is 6.04. The fraction of sp³-hybridized carbons (Fsp3) is 0.500. The van der Waals surface area contributed by atoms with Gasteiger partial charge >= 0.3 is 0 Å². The molecule has 30 heavy (non-hydrogen) atoms. The predicted molar refractivity (Wildman–Crippen MR) is 124 cm³/mol. The second-order valence-corrected chi connectivity index (χ2v) is 8.83. The molecule has 1 aliphatic rings. The van der Waals surface area contributed by atoms with Gasteiger partial charge in [0, 0.05) is 18.8 Å². The molecule has 0 spiro atoms. The second kappa shape index (κ2) is 10.0. The maximum atomic E-state index is 12.8. The number of nitrogens with zero attached hydrogens (tertiary/aromatic N) is 1. The number of hydrogen-bond acceptors (Lipinski definition) is 3. The SMILES string of the molecule is CCC(Oc1cc(C)cc(C)c1)C(=O)NC(C)c1ccc(N2CCC(C)CC2)cc1. The Kier molecular flexibility index (Phi) is 7.41. The van der Waals surface area contributed by atoms with Crippen LogP contribution >= 0.6 is 0 Å². The summed E-state index contributed by atoms with van der Waals surface area (Å²) in [7, 11) is 0. The van der Waals surface area contributed by atoms with E-state index in [9.17, 15) is 4.79 Å². The first-order valence-electron chi connectivity index (χ1n) is 11.3. The number of ether oxygens (including phenoxy) is 1. The topological polar surface area (TPSA) is 41.6 Å². The van der Waals surface area contributed by atoms with Crippen molar-refractivity contribution in [3.05, 3.63) is 59.2 Å². The van der Waals surface area contributed by atoms with Crippen LogP contribution in [0.5, 0.6) is 5.75 Å². The van der Waals surface area contributed by atoms with Crippen molar-refractivity contribution in [1.82, 2.24) is 5.32 Å². The van der Waals surface area contributed by atoms with Gasteiger partial charge in [-0.1, -0.05) is 32.0 Å². The van der Waals surface area contributed by atoms with Crippen molar-refractivity contribution in [2.75, 3.05) is 18.0 Å². The number of amides is 1. The molecule has 2 unspecified atom stereocenters. The highest BCUT2D eigenvalue weighted by Gasteiger charge is 2.21. The summed E-state index contributed by atoms with van der Waals surface area (Å²) >= 11 is 0. The molecule has 1 saturated heterocycles. The first-order valence-corrected chi connectivity index (χ1v) is 11.3. The summed E-state index contributed by atoms with van der Waals surface area (Å²) in [5.41, 5.74) is 4.65. The zero-order valence-electron chi connectivity index (χ0n) is 19.1. The van der Waals surface area contributed by atoms with Crippen LogP contribution in [0.2, 0.25) is 0 Å². The van der Waals surface area contributed by atoms with E-state index in [0.717, 1.165) is 41.4 Å². The molecular weight excluding hydrogens is 372 g/mol. The maximum absolute atomic E-state index is 12.8. The first kappa shape index (κ1) is 22.2. The Hall–Kier alpha value is -2.49. The molecule has 0 aromatic heterocycles. The Morgan fingerprint density at radius 1 is 1.10 bits per heavy atom. The summed E-state index contributed by atoms with van der Waals surface area (Å²) in [6.45, 7) is 12.7. The molecule has 2 aromatic rings. The lowest BCUT2D eigenvalue weighted by molar-refractivity contribution is -0.128. The second-order valence-electron chi connectivity index (χ2n) is 8.83. The van der Waals surface area contributed by atoms with Gasteiger partial charge in [0.05, 0.1) is 6.04 Å². The number of hydrogen-bond donors (Lipinski definition) is 1. The van der Waals surface area contributed by atoms with Crippen LogP contribution in [0, 0.1) is 19.8 Å². The Labute approximate surface area is 181 Å². The highest BCUT2D eigenvalue weighted by Crippen LogP contribution is 2.25. The van der Waals surface area contributed by atoms with E-state index in [1.165, 1.54) is 18.5 Å². The van der Waals surface area contributed by atoms with Gasteiger partial charge in [-0.05, 0) is 86.9 Å². The van der Waals surface area contributed by atoms with Crippen LogP contribution in [0.4, 0.5) is 5.69 Å². The summed E-state index contributed by atoms with van der Waals surface area (Å²) in [4.78, 5) is 15.3. The van der Waals surface area contributed by atoms with Crippen molar-refractivity contribution in [2.24, 2.45) is 5.92 Å². The zero-order chi connectivity index (χ0) is 21.7. The van der Waals surface area contributed by atoms with Crippen molar-refractivity contribution in [2.45, 2.75) is 66.0 Å². The van der Waals surface area contributed by atoms with E-state index >= 15 is 0 Å². The van der Waals surface area contributed by atoms with E-state index in [0.29, 0.717) is 6.42 Å². The normalized spacial score (nSPS) is 16.8. The minimum Gasteiger partial charge on any atom is -0.481 e. The van der Waals surface area contributed by atoms with E-state index in [-0.39, 0.29) is 11.9 Å². The van der Waals surface area contributed by atoms with Gasteiger partial charge in [-0.15, -0.1) is 0 Å². The van der Waals surface area contributed by atoms with E-state index in [2.05, 4.69) is 47.5 Å². The van der Waals surface area contributed by atoms with Crippen LogP contribution in [-0.4, -0.2) is 25.1 Å². The highest BCUT2D eigenvalue weighted by atomic mass is 16.5. The summed E-state index contributed by atoms with van der Waals surface area (Å²) in [5.74, 6) is 1.51. The lowest BCUT2D eigenvalue weighted by Crippen LogP contribution is -2.39. The van der Waals surface area contributed by atoms with Gasteiger partial charge in [0.15, 0.2) is 6.10 Å². The van der Waals surface area contributed by atoms with Crippen molar-refractivity contribution < 1.29 is 9.53 Å². The quantitative estimate of drug-likeness (QED) is 0.651. The summed E-state index contributed by atoms with van der Waals surface area (Å²) < 4.78 is 6.01. The highest BCUT2D eigenvalue weighted by molar-refractivity contribution is 5.81. The minimum absolute atomic E-state index is 0.0650. The van der Waals surface area contributed by atoms with Gasteiger partial charge in [0.1, 0.15) is 5.75 Å². The van der Waals surface area contributed by atoms with E-state index in [1.54, 1.807) is 0 Å². The standard InChI is InChI=1S/C26H36N2O2/c1-6-25(30-24-16-19(3)15-20(4)17-24)26(29)27-21(5)22-7-9-23(10-8-22)28-13-11-18(2)12-14-28/h7-10,15-18,21,25H,6,11-14H2,1-5H3,(H,27,29). The molecule has 2 aromatic carbocycles. The lowest BCUT2D eigenvalue weighted by Gasteiger charge is -2.32. The zero-order valence-corrected chi connectivity index (χ0v) is 19.1. The molecule has 0 aliphatic carbocycles. The van der Waals surface area contributed by atoms with Crippen LogP contribution in [0.15, 0.2) is 42.5 Å². The Bertz CT molecular complexity index is 818. The third kappa shape index (κ3) is 5.78. The van der Waals surface area contributed by atoms with Crippen LogP contribution in [-0.2, 0) is 4.79 Å². The van der Waals surface area contributed by atoms with E-state index in [1.807, 2.05) is 39.8 Å². The molecule has 162 valence electrons. The number of rotatable bonds is 7. The number of piperidine rings is 1. The van der Waals surface area contributed by atoms with Gasteiger partial charge in [-0.3, -0.25) is 4.79 Å². The van der Waals surface area contributed by atoms with Crippen LogP contribution in [0.1, 0.15) is 62.8 Å². The van der Waals surface area contributed by atoms with Crippen molar-refractivity contribution in [3.63, 3.8) is 0 Å². The molecule has 3 rings (SSSR count). The molecule has 0 bridgehead atoms. The van der Waals surface area contributed by atoms with Gasteiger partial charge in [0.25, 0.3) is 5.91 Å². The Morgan fingerprint density at radius 2 is 1.70 bits per heavy atom. The number of aryl methyl sites for hydroxylation is 2. The summed E-state index contributed by atoms with van der Waals surface area (Å²) in [6.07, 6.45) is 2.64. The molecule has 2 atom stereocenters. The minimum atomic E-state index is -0.497. The molecule has 1 amide bonds. The number of nitrogens with one attached hydrogen (secondary N) is 1. The average molecular weight is 409 g/mol. The average Bonchev–Trinajstić information content (AvgIpc) is 2.72. The number of carbonyl (C=O) groups excluding carboxylic acids is 1. The van der Waals surface area contributed by atoms with Gasteiger partial charge < -0.3 is 15.0 Å². The molecule has 1 N–H and O–H groups in total. The Balaban J connectivity index is 1.59. The van der Waals surface area contributed by atoms with Crippen molar-refractivity contribution in [3.8, 4) is 5.75 Å². The molecule has 0 radical (unpaired) electrons. The molecule has 0 saturated carbocycles. The number of carbonyl (C=O) groups is 1. The summed E-state index contributed by atoms with van der Waals surface area (Å²) in [6, 6.07) is 14.6.